The van der Waals surface area contributed by atoms with Crippen molar-refractivity contribution in [2.24, 2.45) is 0 Å². The highest BCUT2D eigenvalue weighted by Gasteiger charge is 2.14. The molecule has 0 atom stereocenters. The molecular weight excluding hydrogens is 430 g/mol. The van der Waals surface area contributed by atoms with Gasteiger partial charge in [0.1, 0.15) is 11.6 Å². The monoisotopic (exact) mass is 448 g/mol. The number of carbonyl (C=O) groups is 1. The van der Waals surface area contributed by atoms with Crippen LogP contribution < -0.4 is 10.0 Å². The first-order valence-electron chi connectivity index (χ1n) is 8.82. The molecule has 3 rings (SSSR count). The summed E-state index contributed by atoms with van der Waals surface area (Å²) in [5.41, 5.74) is 1.62. The summed E-state index contributed by atoms with van der Waals surface area (Å²) in [6.45, 7) is 0. The molecule has 0 heterocycles. The number of sulfonamides is 1. The van der Waals surface area contributed by atoms with Gasteiger partial charge in [0.05, 0.1) is 10.6 Å². The van der Waals surface area contributed by atoms with Crippen molar-refractivity contribution < 1.29 is 22.0 Å². The van der Waals surface area contributed by atoms with Gasteiger partial charge in [0.25, 0.3) is 10.0 Å². The van der Waals surface area contributed by atoms with Crippen LogP contribution in [-0.2, 0) is 20.6 Å². The van der Waals surface area contributed by atoms with Crippen LogP contribution in [0.25, 0.3) is 0 Å². The van der Waals surface area contributed by atoms with Crippen LogP contribution in [0.5, 0.6) is 0 Å². The number of hydrogen-bond donors (Lipinski definition) is 2. The first kappa shape index (κ1) is 21.8. The van der Waals surface area contributed by atoms with Crippen LogP contribution in [0.3, 0.4) is 0 Å². The van der Waals surface area contributed by atoms with Crippen molar-refractivity contribution in [3.05, 3.63) is 90.0 Å². The maximum Gasteiger partial charge on any atom is 0.261 e. The topological polar surface area (TPSA) is 75.3 Å². The summed E-state index contributed by atoms with van der Waals surface area (Å²) in [4.78, 5) is 12.1. The number of rotatable bonds is 8. The molecule has 1 amide bonds. The summed E-state index contributed by atoms with van der Waals surface area (Å²) < 4.78 is 53.0. The number of benzene rings is 3. The third kappa shape index (κ3) is 6.30. The van der Waals surface area contributed by atoms with E-state index in [0.717, 1.165) is 17.7 Å². The van der Waals surface area contributed by atoms with E-state index in [2.05, 4.69) is 10.0 Å². The Hall–Kier alpha value is -2.91. The quantitative estimate of drug-likeness (QED) is 0.527. The molecule has 9 heteroatoms. The van der Waals surface area contributed by atoms with Gasteiger partial charge in [-0.15, -0.1) is 11.8 Å². The number of hydrogen-bond acceptors (Lipinski definition) is 4. The van der Waals surface area contributed by atoms with Gasteiger partial charge in [0.15, 0.2) is 0 Å². The molecule has 0 fully saturated rings. The second-order valence-electron chi connectivity index (χ2n) is 6.30. The van der Waals surface area contributed by atoms with Crippen molar-refractivity contribution in [3.8, 4) is 0 Å². The maximum atomic E-state index is 12.9. The van der Waals surface area contributed by atoms with E-state index < -0.39 is 15.8 Å². The van der Waals surface area contributed by atoms with Crippen molar-refractivity contribution in [3.63, 3.8) is 0 Å². The fourth-order valence-electron chi connectivity index (χ4n) is 2.49. The van der Waals surface area contributed by atoms with E-state index >= 15 is 0 Å². The molecule has 0 bridgehead atoms. The van der Waals surface area contributed by atoms with E-state index in [1.807, 2.05) is 0 Å². The summed E-state index contributed by atoms with van der Waals surface area (Å²) in [7, 11) is -3.84. The minimum Gasteiger partial charge on any atom is -0.325 e. The summed E-state index contributed by atoms with van der Waals surface area (Å²) in [5, 5.41) is 2.70. The maximum absolute atomic E-state index is 12.9. The summed E-state index contributed by atoms with van der Waals surface area (Å²) in [6, 6.07) is 16.8. The fourth-order valence-corrected chi connectivity index (χ4v) is 4.34. The third-order valence-electron chi connectivity index (χ3n) is 3.96. The minimum atomic E-state index is -3.84. The van der Waals surface area contributed by atoms with Gasteiger partial charge in [-0.3, -0.25) is 9.52 Å². The molecule has 0 saturated carbocycles. The van der Waals surface area contributed by atoms with Gasteiger partial charge >= 0.3 is 0 Å². The zero-order valence-electron chi connectivity index (χ0n) is 15.6. The smallest absolute Gasteiger partial charge is 0.261 e. The van der Waals surface area contributed by atoms with Gasteiger partial charge in [-0.05, 0) is 66.2 Å². The number of anilines is 2. The lowest BCUT2D eigenvalue weighted by Crippen LogP contribution is -2.15. The number of nitrogens with one attached hydrogen (secondary N) is 2. The second kappa shape index (κ2) is 9.73. The fraction of sp³-hybridized carbons (Fsp3) is 0.0952. The van der Waals surface area contributed by atoms with E-state index in [4.69, 9.17) is 0 Å². The lowest BCUT2D eigenvalue weighted by atomic mass is 10.2. The van der Waals surface area contributed by atoms with Gasteiger partial charge in [-0.2, -0.15) is 0 Å². The number of amides is 1. The van der Waals surface area contributed by atoms with E-state index in [1.165, 1.54) is 60.3 Å². The molecule has 5 nitrogen and oxygen atoms in total. The number of carbonyl (C=O) groups excluding carboxylic acids is 1. The molecule has 0 aliphatic rings. The van der Waals surface area contributed by atoms with Crippen molar-refractivity contribution >= 4 is 39.1 Å². The standard InChI is InChI=1S/C21H18F2N2O3S2/c22-16-3-1-15(2-4-16)13-29-14-21(26)24-18-9-11-20(12-10-18)30(27,28)25-19-7-5-17(23)6-8-19/h1-12,25H,13-14H2,(H,24,26). The second-order valence-corrected chi connectivity index (χ2v) is 8.97. The Morgan fingerprint density at radius 1 is 0.800 bits per heavy atom. The first-order chi connectivity index (χ1) is 14.3. The zero-order chi connectivity index (χ0) is 21.6. The van der Waals surface area contributed by atoms with Crippen LogP contribution in [0, 0.1) is 11.6 Å². The first-order valence-corrected chi connectivity index (χ1v) is 11.5. The van der Waals surface area contributed by atoms with Gasteiger partial charge in [-0.25, -0.2) is 17.2 Å². The summed E-state index contributed by atoms with van der Waals surface area (Å²) in [5.74, 6) is -0.236. The van der Waals surface area contributed by atoms with Crippen LogP contribution in [-0.4, -0.2) is 20.1 Å². The molecule has 0 radical (unpaired) electrons. The molecule has 0 aromatic heterocycles. The molecule has 156 valence electrons. The van der Waals surface area contributed by atoms with Crippen molar-refractivity contribution in [2.45, 2.75) is 10.6 Å². The Labute approximate surface area is 177 Å². The van der Waals surface area contributed by atoms with Crippen LogP contribution in [0.4, 0.5) is 20.2 Å². The molecule has 0 aliphatic carbocycles. The molecule has 0 saturated heterocycles. The normalized spacial score (nSPS) is 11.1. The highest BCUT2D eigenvalue weighted by Crippen LogP contribution is 2.19. The van der Waals surface area contributed by atoms with Crippen molar-refractivity contribution in [1.82, 2.24) is 0 Å². The number of halogens is 2. The van der Waals surface area contributed by atoms with Gasteiger partial charge in [0, 0.05) is 17.1 Å². The Bertz CT molecular complexity index is 1100. The van der Waals surface area contributed by atoms with Crippen LogP contribution in [0.2, 0.25) is 0 Å². The summed E-state index contributed by atoms with van der Waals surface area (Å²) in [6.07, 6.45) is 0. The van der Waals surface area contributed by atoms with Gasteiger partial charge in [0.2, 0.25) is 5.91 Å². The summed E-state index contributed by atoms with van der Waals surface area (Å²) >= 11 is 1.38. The molecule has 0 unspecified atom stereocenters. The molecular formula is C21H18F2N2O3S2. The lowest BCUT2D eigenvalue weighted by Gasteiger charge is -2.09. The van der Waals surface area contributed by atoms with Crippen LogP contribution in [0.15, 0.2) is 77.7 Å². The predicted octanol–water partition coefficient (Wildman–Crippen LogP) is 4.64. The van der Waals surface area contributed by atoms with Crippen molar-refractivity contribution in [1.29, 1.82) is 0 Å². The molecule has 0 aliphatic heterocycles. The largest absolute Gasteiger partial charge is 0.325 e. The zero-order valence-corrected chi connectivity index (χ0v) is 17.3. The van der Waals surface area contributed by atoms with Gasteiger partial charge < -0.3 is 5.32 Å². The Morgan fingerprint density at radius 2 is 1.33 bits per heavy atom. The Balaban J connectivity index is 1.52. The molecule has 3 aromatic rings. The van der Waals surface area contributed by atoms with E-state index in [0.29, 0.717) is 11.4 Å². The SMILES string of the molecule is O=C(CSCc1ccc(F)cc1)Nc1ccc(S(=O)(=O)Nc2ccc(F)cc2)cc1. The minimum absolute atomic E-state index is 0.00973. The van der Waals surface area contributed by atoms with E-state index in [-0.39, 0.29) is 28.1 Å². The van der Waals surface area contributed by atoms with Gasteiger partial charge in [-0.1, -0.05) is 12.1 Å². The molecule has 0 spiro atoms. The van der Waals surface area contributed by atoms with Crippen LogP contribution >= 0.6 is 11.8 Å². The molecule has 3 aromatic carbocycles. The van der Waals surface area contributed by atoms with E-state index in [1.54, 1.807) is 12.1 Å². The van der Waals surface area contributed by atoms with Crippen LogP contribution in [0.1, 0.15) is 5.56 Å². The lowest BCUT2D eigenvalue weighted by molar-refractivity contribution is -0.113. The highest BCUT2D eigenvalue weighted by molar-refractivity contribution is 7.99. The Kier molecular flexibility index (Phi) is 7.07. The average Bonchev–Trinajstić information content (AvgIpc) is 2.71. The highest BCUT2D eigenvalue weighted by atomic mass is 32.2. The Morgan fingerprint density at radius 3 is 1.93 bits per heavy atom. The average molecular weight is 449 g/mol. The third-order valence-corrected chi connectivity index (χ3v) is 6.36. The predicted molar refractivity (Wildman–Crippen MR) is 115 cm³/mol. The number of thioether (sulfide) groups is 1. The molecule has 2 N–H and O–H groups in total. The molecule has 30 heavy (non-hydrogen) atoms. The van der Waals surface area contributed by atoms with Crippen molar-refractivity contribution in [2.75, 3.05) is 15.8 Å². The van der Waals surface area contributed by atoms with E-state index in [9.17, 15) is 22.0 Å².